The van der Waals surface area contributed by atoms with Gasteiger partial charge >= 0.3 is 0 Å². The molecule has 0 saturated heterocycles. The van der Waals surface area contributed by atoms with Gasteiger partial charge in [-0.05, 0) is 25.8 Å². The van der Waals surface area contributed by atoms with Gasteiger partial charge in [0.25, 0.3) is 0 Å². The summed E-state index contributed by atoms with van der Waals surface area (Å²) in [6, 6.07) is 0. The van der Waals surface area contributed by atoms with E-state index in [1.54, 1.807) is 6.21 Å². The van der Waals surface area contributed by atoms with Gasteiger partial charge in [0, 0.05) is 11.9 Å². The van der Waals surface area contributed by atoms with E-state index in [9.17, 15) is 0 Å². The van der Waals surface area contributed by atoms with Crippen LogP contribution in [0.3, 0.4) is 0 Å². The summed E-state index contributed by atoms with van der Waals surface area (Å²) >= 11 is 0. The molecule has 0 rings (SSSR count). The number of hydrogen-bond acceptors (Lipinski definition) is 1. The zero-order chi connectivity index (χ0) is 7.98. The van der Waals surface area contributed by atoms with Gasteiger partial charge in [0.2, 0.25) is 0 Å². The van der Waals surface area contributed by atoms with E-state index in [-0.39, 0.29) is 0 Å². The summed E-state index contributed by atoms with van der Waals surface area (Å²) in [5.41, 5.74) is 2.05. The summed E-state index contributed by atoms with van der Waals surface area (Å²) in [5.74, 6) is 0. The van der Waals surface area contributed by atoms with Crippen molar-refractivity contribution in [2.75, 3.05) is 0 Å². The van der Waals surface area contributed by atoms with Gasteiger partial charge in [-0.1, -0.05) is 19.6 Å². The molecule has 0 spiro atoms. The highest BCUT2D eigenvalue weighted by Gasteiger charge is 1.79. The SMILES string of the molecule is C=C(C)C=NC(C)=CCC. The van der Waals surface area contributed by atoms with Crippen LogP contribution in [0.2, 0.25) is 0 Å². The summed E-state index contributed by atoms with van der Waals surface area (Å²) in [5, 5.41) is 0. The molecule has 0 aliphatic carbocycles. The molecule has 1 nitrogen and oxygen atoms in total. The van der Waals surface area contributed by atoms with Gasteiger partial charge < -0.3 is 0 Å². The fourth-order valence-electron chi connectivity index (χ4n) is 0.560. The van der Waals surface area contributed by atoms with Gasteiger partial charge in [-0.3, -0.25) is 4.99 Å². The summed E-state index contributed by atoms with van der Waals surface area (Å²) in [7, 11) is 0. The smallest absolute Gasteiger partial charge is 0.0332 e. The van der Waals surface area contributed by atoms with Crippen LogP contribution in [0.4, 0.5) is 0 Å². The zero-order valence-electron chi connectivity index (χ0n) is 7.02. The van der Waals surface area contributed by atoms with E-state index < -0.39 is 0 Å². The monoisotopic (exact) mass is 137 g/mol. The van der Waals surface area contributed by atoms with Crippen molar-refractivity contribution in [2.45, 2.75) is 27.2 Å². The fraction of sp³-hybridized carbons (Fsp3) is 0.444. The Bertz CT molecular complexity index is 164. The van der Waals surface area contributed by atoms with E-state index in [0.29, 0.717) is 0 Å². The molecular formula is C9H15N. The van der Waals surface area contributed by atoms with Crippen molar-refractivity contribution in [1.82, 2.24) is 0 Å². The van der Waals surface area contributed by atoms with E-state index in [1.165, 1.54) is 0 Å². The van der Waals surface area contributed by atoms with Crippen molar-refractivity contribution < 1.29 is 0 Å². The van der Waals surface area contributed by atoms with Crippen LogP contribution in [0.1, 0.15) is 27.2 Å². The largest absolute Gasteiger partial charge is 0.262 e. The Morgan fingerprint density at radius 2 is 2.10 bits per heavy atom. The first-order valence-corrected chi connectivity index (χ1v) is 3.53. The molecule has 0 amide bonds. The van der Waals surface area contributed by atoms with E-state index >= 15 is 0 Å². The molecule has 0 aliphatic heterocycles. The molecule has 0 unspecified atom stereocenters. The van der Waals surface area contributed by atoms with Gasteiger partial charge in [-0.15, -0.1) is 0 Å². The molecule has 0 fully saturated rings. The van der Waals surface area contributed by atoms with Crippen molar-refractivity contribution in [3.63, 3.8) is 0 Å². The molecule has 10 heavy (non-hydrogen) atoms. The Labute approximate surface area is 63.2 Å². The third kappa shape index (κ3) is 5.29. The second-order valence-electron chi connectivity index (χ2n) is 2.36. The second-order valence-corrected chi connectivity index (χ2v) is 2.36. The van der Waals surface area contributed by atoms with E-state index in [0.717, 1.165) is 17.7 Å². The lowest BCUT2D eigenvalue weighted by molar-refractivity contribution is 1.16. The van der Waals surface area contributed by atoms with Crippen LogP contribution in [0.15, 0.2) is 28.9 Å². The number of allylic oxidation sites excluding steroid dienone is 3. The Balaban J connectivity index is 3.89. The van der Waals surface area contributed by atoms with Gasteiger partial charge in [-0.2, -0.15) is 0 Å². The third-order valence-electron chi connectivity index (χ3n) is 0.988. The lowest BCUT2D eigenvalue weighted by atomic mass is 10.3. The van der Waals surface area contributed by atoms with Gasteiger partial charge in [-0.25, -0.2) is 0 Å². The van der Waals surface area contributed by atoms with Crippen LogP contribution >= 0.6 is 0 Å². The fourth-order valence-corrected chi connectivity index (χ4v) is 0.560. The zero-order valence-corrected chi connectivity index (χ0v) is 7.02. The van der Waals surface area contributed by atoms with Gasteiger partial charge in [0.05, 0.1) is 0 Å². The highest BCUT2D eigenvalue weighted by Crippen LogP contribution is 1.96. The van der Waals surface area contributed by atoms with Crippen molar-refractivity contribution in [1.29, 1.82) is 0 Å². The van der Waals surface area contributed by atoms with E-state index in [4.69, 9.17) is 0 Å². The normalized spacial score (nSPS) is 12.5. The quantitative estimate of drug-likeness (QED) is 0.530. The standard InChI is InChI=1S/C9H15N/c1-5-6-9(4)10-7-8(2)3/h6-7H,2,5H2,1,3-4H3. The second kappa shape index (κ2) is 4.98. The Hall–Kier alpha value is -0.850. The van der Waals surface area contributed by atoms with Crippen molar-refractivity contribution in [3.05, 3.63) is 23.9 Å². The lowest BCUT2D eigenvalue weighted by Crippen LogP contribution is -1.75. The van der Waals surface area contributed by atoms with Crippen molar-refractivity contribution >= 4 is 6.21 Å². The molecule has 0 heterocycles. The molecular weight excluding hydrogens is 122 g/mol. The number of aliphatic imine (C=N–C) groups is 1. The van der Waals surface area contributed by atoms with Gasteiger partial charge in [0.1, 0.15) is 0 Å². The molecule has 0 aliphatic rings. The maximum Gasteiger partial charge on any atom is 0.0332 e. The molecule has 1 heteroatoms. The van der Waals surface area contributed by atoms with E-state index in [1.807, 2.05) is 13.8 Å². The van der Waals surface area contributed by atoms with Crippen molar-refractivity contribution in [2.24, 2.45) is 4.99 Å². The average molecular weight is 137 g/mol. The molecule has 0 bridgehead atoms. The summed E-state index contributed by atoms with van der Waals surface area (Å²) in [6.07, 6.45) is 4.90. The minimum absolute atomic E-state index is 0.990. The first-order chi connectivity index (χ1) is 4.66. The number of hydrogen-bond donors (Lipinski definition) is 0. The van der Waals surface area contributed by atoms with Crippen LogP contribution in [-0.4, -0.2) is 6.21 Å². The summed E-state index contributed by atoms with van der Waals surface area (Å²) in [4.78, 5) is 4.15. The molecule has 0 radical (unpaired) electrons. The minimum Gasteiger partial charge on any atom is -0.262 e. The number of rotatable bonds is 3. The van der Waals surface area contributed by atoms with Crippen LogP contribution < -0.4 is 0 Å². The highest BCUT2D eigenvalue weighted by molar-refractivity contribution is 5.77. The highest BCUT2D eigenvalue weighted by atomic mass is 14.7. The average Bonchev–Trinajstić information content (AvgIpc) is 1.85. The Morgan fingerprint density at radius 3 is 2.50 bits per heavy atom. The molecule has 0 saturated carbocycles. The molecule has 0 aromatic heterocycles. The van der Waals surface area contributed by atoms with Crippen LogP contribution in [0, 0.1) is 0 Å². The van der Waals surface area contributed by atoms with E-state index in [2.05, 4.69) is 24.6 Å². The molecule has 56 valence electrons. The topological polar surface area (TPSA) is 12.4 Å². The van der Waals surface area contributed by atoms with Crippen molar-refractivity contribution in [3.8, 4) is 0 Å². The van der Waals surface area contributed by atoms with Crippen LogP contribution in [0.5, 0.6) is 0 Å². The maximum absolute atomic E-state index is 4.15. The molecule has 0 atom stereocenters. The predicted octanol–water partition coefficient (Wildman–Crippen LogP) is 2.95. The first kappa shape index (κ1) is 9.15. The molecule has 0 aromatic rings. The lowest BCUT2D eigenvalue weighted by Gasteiger charge is -1.89. The summed E-state index contributed by atoms with van der Waals surface area (Å²) < 4.78 is 0. The Morgan fingerprint density at radius 1 is 1.50 bits per heavy atom. The molecule has 0 N–H and O–H groups in total. The Kier molecular flexibility index (Phi) is 4.55. The maximum atomic E-state index is 4.15. The first-order valence-electron chi connectivity index (χ1n) is 3.53. The summed E-state index contributed by atoms with van der Waals surface area (Å²) in [6.45, 7) is 9.73. The minimum atomic E-state index is 0.990. The third-order valence-corrected chi connectivity index (χ3v) is 0.988. The number of nitrogens with zero attached hydrogens (tertiary/aromatic N) is 1. The van der Waals surface area contributed by atoms with Gasteiger partial charge in [0.15, 0.2) is 0 Å². The predicted molar refractivity (Wildman–Crippen MR) is 47.4 cm³/mol. The van der Waals surface area contributed by atoms with Crippen LogP contribution in [-0.2, 0) is 0 Å². The molecule has 0 aromatic carbocycles. The van der Waals surface area contributed by atoms with Crippen LogP contribution in [0.25, 0.3) is 0 Å².